The highest BCUT2D eigenvalue weighted by atomic mass is 32.2. The van der Waals surface area contributed by atoms with E-state index in [9.17, 15) is 13.5 Å². The average Bonchev–Trinajstić information content (AvgIpc) is 3.05. The SMILES string of the molecule is C=CC(=O)Nc1cccc(-c2cc3c(C(=O)OC)nn(SF)c3cn2)c1. The van der Waals surface area contributed by atoms with Crippen molar-refractivity contribution in [1.29, 1.82) is 0 Å². The lowest BCUT2D eigenvalue weighted by Crippen LogP contribution is -2.07. The molecular weight excluding hydrogens is 359 g/mol. The molecule has 1 amide bonds. The number of benzene rings is 1. The number of methoxy groups -OCH3 is 1. The second-order valence-corrected chi connectivity index (χ2v) is 5.63. The van der Waals surface area contributed by atoms with E-state index >= 15 is 0 Å². The van der Waals surface area contributed by atoms with Gasteiger partial charge in [0, 0.05) is 16.6 Å². The highest BCUT2D eigenvalue weighted by Gasteiger charge is 2.19. The maximum absolute atomic E-state index is 13.1. The van der Waals surface area contributed by atoms with Crippen molar-refractivity contribution in [3.05, 3.63) is 54.9 Å². The number of aromatic nitrogens is 3. The van der Waals surface area contributed by atoms with Gasteiger partial charge in [0.2, 0.25) is 5.91 Å². The number of nitrogens with zero attached hydrogens (tertiary/aromatic N) is 3. The fourth-order valence-electron chi connectivity index (χ4n) is 2.40. The number of amides is 1. The quantitative estimate of drug-likeness (QED) is 0.546. The summed E-state index contributed by atoms with van der Waals surface area (Å²) in [5.74, 6) is -1.01. The third-order valence-corrected chi connectivity index (χ3v) is 4.00. The van der Waals surface area contributed by atoms with Crippen LogP contribution in [0.5, 0.6) is 0 Å². The Kier molecular flexibility index (Phi) is 4.99. The third kappa shape index (κ3) is 3.29. The molecule has 26 heavy (non-hydrogen) atoms. The van der Waals surface area contributed by atoms with Crippen molar-refractivity contribution in [2.45, 2.75) is 0 Å². The van der Waals surface area contributed by atoms with Crippen molar-refractivity contribution in [3.63, 3.8) is 0 Å². The van der Waals surface area contributed by atoms with Crippen molar-refractivity contribution in [3.8, 4) is 11.3 Å². The van der Waals surface area contributed by atoms with Crippen molar-refractivity contribution in [2.24, 2.45) is 0 Å². The molecule has 2 heterocycles. The largest absolute Gasteiger partial charge is 0.464 e. The number of pyridine rings is 1. The van der Waals surface area contributed by atoms with Crippen molar-refractivity contribution in [2.75, 3.05) is 12.4 Å². The Bertz CT molecular complexity index is 1020. The monoisotopic (exact) mass is 372 g/mol. The summed E-state index contributed by atoms with van der Waals surface area (Å²) >= 11 is -0.139. The molecule has 0 unspecified atom stereocenters. The van der Waals surface area contributed by atoms with Gasteiger partial charge in [-0.3, -0.25) is 9.78 Å². The van der Waals surface area contributed by atoms with Crippen LogP contribution in [0.1, 0.15) is 10.5 Å². The van der Waals surface area contributed by atoms with Gasteiger partial charge in [-0.25, -0.2) is 4.79 Å². The summed E-state index contributed by atoms with van der Waals surface area (Å²) in [5.41, 5.74) is 2.13. The molecule has 132 valence electrons. The predicted octanol–water partition coefficient (Wildman–Crippen LogP) is 3.39. The lowest BCUT2D eigenvalue weighted by atomic mass is 10.1. The molecule has 9 heteroatoms. The molecule has 0 aliphatic heterocycles. The van der Waals surface area contributed by atoms with E-state index in [2.05, 4.69) is 22.0 Å². The molecule has 0 bridgehead atoms. The normalized spacial score (nSPS) is 10.5. The highest BCUT2D eigenvalue weighted by Crippen LogP contribution is 2.28. The van der Waals surface area contributed by atoms with Gasteiger partial charge in [0.1, 0.15) is 5.52 Å². The first kappa shape index (κ1) is 17.6. The maximum atomic E-state index is 13.1. The fourth-order valence-corrected chi connectivity index (χ4v) is 2.73. The number of carbonyl (C=O) groups excluding carboxylic acids is 2. The van der Waals surface area contributed by atoms with Crippen LogP contribution in [0.4, 0.5) is 9.57 Å². The summed E-state index contributed by atoms with van der Waals surface area (Å²) in [6, 6.07) is 8.62. The van der Waals surface area contributed by atoms with Gasteiger partial charge in [0.15, 0.2) is 18.0 Å². The summed E-state index contributed by atoms with van der Waals surface area (Å²) in [7, 11) is 1.23. The molecule has 0 fully saturated rings. The molecule has 0 radical (unpaired) electrons. The number of fused-ring (bicyclic) bond motifs is 1. The number of anilines is 1. The minimum absolute atomic E-state index is 0.00702. The second-order valence-electron chi connectivity index (χ2n) is 5.14. The minimum Gasteiger partial charge on any atom is -0.464 e. The molecule has 0 aliphatic rings. The van der Waals surface area contributed by atoms with E-state index in [0.717, 1.165) is 4.09 Å². The smallest absolute Gasteiger partial charge is 0.359 e. The molecule has 3 rings (SSSR count). The number of halogens is 1. The highest BCUT2D eigenvalue weighted by molar-refractivity contribution is 7.92. The number of carbonyl (C=O) groups is 2. The summed E-state index contributed by atoms with van der Waals surface area (Å²) < 4.78 is 18.7. The molecule has 1 aromatic carbocycles. The van der Waals surface area contributed by atoms with E-state index in [1.807, 2.05) is 0 Å². The zero-order valence-electron chi connectivity index (χ0n) is 13.6. The van der Waals surface area contributed by atoms with Crippen LogP contribution in [0.3, 0.4) is 0 Å². The lowest BCUT2D eigenvalue weighted by molar-refractivity contribution is -0.111. The number of rotatable bonds is 5. The zero-order valence-corrected chi connectivity index (χ0v) is 14.4. The molecule has 0 aliphatic carbocycles. The molecule has 7 nitrogen and oxygen atoms in total. The summed E-state index contributed by atoms with van der Waals surface area (Å²) in [5, 5.41) is 6.98. The van der Waals surface area contributed by atoms with Crippen LogP contribution in [0.25, 0.3) is 22.2 Å². The number of ether oxygens (including phenoxy) is 1. The first-order valence-electron chi connectivity index (χ1n) is 7.37. The van der Waals surface area contributed by atoms with Crippen LogP contribution in [0.15, 0.2) is 49.2 Å². The topological polar surface area (TPSA) is 86.1 Å². The fraction of sp³-hybridized carbons (Fsp3) is 0.0588. The van der Waals surface area contributed by atoms with E-state index in [1.54, 1.807) is 30.3 Å². The second kappa shape index (κ2) is 7.36. The molecular formula is C17H13FN4O3S. The molecule has 1 N–H and O–H groups in total. The molecule has 2 aromatic heterocycles. The lowest BCUT2D eigenvalue weighted by Gasteiger charge is -2.06. The number of hydrogen-bond donors (Lipinski definition) is 1. The van der Waals surface area contributed by atoms with E-state index < -0.39 is 5.97 Å². The van der Waals surface area contributed by atoms with Crippen LogP contribution in [-0.2, 0) is 9.53 Å². The third-order valence-electron chi connectivity index (χ3n) is 3.59. The summed E-state index contributed by atoms with van der Waals surface area (Å²) in [6.07, 6.45) is 2.59. The molecule has 0 spiro atoms. The van der Waals surface area contributed by atoms with Crippen LogP contribution in [-0.4, -0.2) is 33.2 Å². The Morgan fingerprint density at radius 2 is 2.19 bits per heavy atom. The van der Waals surface area contributed by atoms with Gasteiger partial charge in [-0.05, 0) is 24.3 Å². The Morgan fingerprint density at radius 3 is 2.88 bits per heavy atom. The standard InChI is InChI=1S/C17H13FN4O3S/c1-3-15(23)20-11-6-4-5-10(7-11)13-8-12-14(9-19-13)22(26-18)21-16(12)17(24)25-2/h3-9H,1H2,2H3,(H,20,23). The zero-order chi connectivity index (χ0) is 18.7. The van der Waals surface area contributed by atoms with E-state index in [4.69, 9.17) is 4.74 Å². The van der Waals surface area contributed by atoms with Gasteiger partial charge in [-0.1, -0.05) is 18.7 Å². The first-order valence-corrected chi connectivity index (χ1v) is 8.04. The first-order chi connectivity index (χ1) is 12.6. The van der Waals surface area contributed by atoms with Gasteiger partial charge in [0.25, 0.3) is 0 Å². The van der Waals surface area contributed by atoms with Gasteiger partial charge in [-0.15, -0.1) is 3.89 Å². The number of nitrogens with one attached hydrogen (secondary N) is 1. The Hall–Kier alpha value is -3.20. The molecule has 0 atom stereocenters. The van der Waals surface area contributed by atoms with Crippen LogP contribution >= 0.6 is 12.3 Å². The van der Waals surface area contributed by atoms with Crippen molar-refractivity contribution < 1.29 is 18.2 Å². The van der Waals surface area contributed by atoms with Gasteiger partial charge < -0.3 is 10.1 Å². The summed E-state index contributed by atoms with van der Waals surface area (Å²) in [4.78, 5) is 27.7. The molecule has 0 saturated carbocycles. The van der Waals surface area contributed by atoms with Crippen molar-refractivity contribution in [1.82, 2.24) is 14.2 Å². The van der Waals surface area contributed by atoms with E-state index in [-0.39, 0.29) is 23.9 Å². The van der Waals surface area contributed by atoms with Crippen LogP contribution < -0.4 is 5.32 Å². The maximum Gasteiger partial charge on any atom is 0.359 e. The predicted molar refractivity (Wildman–Crippen MR) is 97.2 cm³/mol. The Morgan fingerprint density at radius 1 is 1.38 bits per heavy atom. The Labute approximate surface area is 152 Å². The van der Waals surface area contributed by atoms with Crippen LogP contribution in [0, 0.1) is 0 Å². The van der Waals surface area contributed by atoms with Gasteiger partial charge in [-0.2, -0.15) is 9.19 Å². The average molecular weight is 372 g/mol. The Balaban J connectivity index is 2.09. The van der Waals surface area contributed by atoms with Crippen LogP contribution in [0.2, 0.25) is 0 Å². The van der Waals surface area contributed by atoms with E-state index in [0.29, 0.717) is 27.8 Å². The van der Waals surface area contributed by atoms with Gasteiger partial charge >= 0.3 is 5.97 Å². The van der Waals surface area contributed by atoms with E-state index in [1.165, 1.54) is 19.4 Å². The molecule has 3 aromatic rings. The number of esters is 1. The number of hydrogen-bond acceptors (Lipinski definition) is 6. The van der Waals surface area contributed by atoms with Gasteiger partial charge in [0.05, 0.1) is 19.0 Å². The minimum atomic E-state index is -0.674. The van der Waals surface area contributed by atoms with Crippen molar-refractivity contribution >= 4 is 40.8 Å². The summed E-state index contributed by atoms with van der Waals surface area (Å²) in [6.45, 7) is 3.41. The molecule has 0 saturated heterocycles.